The van der Waals surface area contributed by atoms with E-state index in [0.29, 0.717) is 17.3 Å². The molecule has 1 fully saturated rings. The van der Waals surface area contributed by atoms with E-state index in [4.69, 9.17) is 11.6 Å². The summed E-state index contributed by atoms with van der Waals surface area (Å²) in [6.45, 7) is 1.72. The fourth-order valence-corrected chi connectivity index (χ4v) is 4.69. The zero-order valence-electron chi connectivity index (χ0n) is 17.3. The van der Waals surface area contributed by atoms with E-state index >= 15 is 0 Å². The van der Waals surface area contributed by atoms with Crippen molar-refractivity contribution in [3.63, 3.8) is 0 Å². The van der Waals surface area contributed by atoms with Crippen LogP contribution in [0.3, 0.4) is 0 Å². The molecule has 7 nitrogen and oxygen atoms in total. The van der Waals surface area contributed by atoms with Gasteiger partial charge in [-0.25, -0.2) is 12.5 Å². The van der Waals surface area contributed by atoms with E-state index < -0.39 is 5.57 Å². The maximum absolute atomic E-state index is 12.9. The Hall–Kier alpha value is -2.09. The molecule has 1 aliphatic rings. The molecule has 0 saturated carbocycles. The number of rotatable bonds is 7. The van der Waals surface area contributed by atoms with E-state index in [2.05, 4.69) is 57.3 Å². The Bertz CT molecular complexity index is 1110. The quantitative estimate of drug-likeness (QED) is 0.218. The number of amides is 1. The molecule has 1 N–H and O–H groups in total. The third-order valence-corrected chi connectivity index (χ3v) is 6.79. The van der Waals surface area contributed by atoms with Crippen LogP contribution in [-0.2, 0) is 0 Å². The molecule has 0 unspecified atom stereocenters. The van der Waals surface area contributed by atoms with Crippen molar-refractivity contribution >= 4 is 63.4 Å². The molecule has 0 bridgehead atoms. The van der Waals surface area contributed by atoms with Gasteiger partial charge in [-0.15, -0.1) is 8.78 Å². The summed E-state index contributed by atoms with van der Waals surface area (Å²) >= 11 is 8.41. The lowest BCUT2D eigenvalue weighted by Crippen LogP contribution is -2.28. The molecule has 2 aromatic heterocycles. The van der Waals surface area contributed by atoms with Crippen LogP contribution in [0.15, 0.2) is 48.8 Å². The third kappa shape index (κ3) is 6.08. The van der Waals surface area contributed by atoms with Gasteiger partial charge in [-0.3, -0.25) is 4.79 Å². The van der Waals surface area contributed by atoms with Crippen LogP contribution < -0.4 is 15.0 Å². The van der Waals surface area contributed by atoms with Gasteiger partial charge in [0.2, 0.25) is 0 Å². The monoisotopic (exact) mass is 605 g/mol. The number of nitrogens with zero attached hydrogens (tertiary/aromatic N) is 4. The van der Waals surface area contributed by atoms with Crippen LogP contribution in [-0.4, -0.2) is 50.1 Å². The van der Waals surface area contributed by atoms with Gasteiger partial charge in [-0.1, -0.05) is 0 Å². The van der Waals surface area contributed by atoms with E-state index in [9.17, 15) is 13.6 Å². The lowest BCUT2D eigenvalue weighted by molar-refractivity contribution is -0.0964. The topological polar surface area (TPSA) is 70.6 Å². The molecular weight excluding hydrogens is 587 g/mol. The third-order valence-electron chi connectivity index (χ3n) is 5.14. The van der Waals surface area contributed by atoms with Crippen LogP contribution in [0.25, 0.3) is 10.4 Å². The summed E-state index contributed by atoms with van der Waals surface area (Å²) in [6.07, 6.45) is 4.29. The van der Waals surface area contributed by atoms with Crippen molar-refractivity contribution in [3.8, 4) is 16.2 Å². The highest BCUT2D eigenvalue weighted by Crippen LogP contribution is 2.35. The predicted octanol–water partition coefficient (Wildman–Crippen LogP) is 5.49. The number of pyridine rings is 1. The predicted molar refractivity (Wildman–Crippen MR) is 134 cm³/mol. The molecule has 1 atom stereocenters. The largest absolute Gasteiger partial charge is 0.487 e. The summed E-state index contributed by atoms with van der Waals surface area (Å²) in [5.41, 5.74) is -2.17. The summed E-state index contributed by atoms with van der Waals surface area (Å²) in [5, 5.41) is 2.74. The molecule has 0 radical (unpaired) electrons. The Morgan fingerprint density at radius 2 is 2.12 bits per heavy atom. The minimum Gasteiger partial charge on any atom is -0.420 e. The van der Waals surface area contributed by atoms with Crippen molar-refractivity contribution in [3.05, 3.63) is 54.4 Å². The summed E-state index contributed by atoms with van der Waals surface area (Å²) < 4.78 is 36.2. The van der Waals surface area contributed by atoms with E-state index in [-0.39, 0.29) is 11.7 Å². The standard InChI is InChI=1S/C21H19ClF2IN5O2S/c1-29(25)15-7-9-30(12-15)19-17(18-6-8-27-33-18)10-13(11-26-19)20(31)28-14-2-4-16(5-3-14)32-21(22,23)24/h2-6,8,10-11,15H,7,9,12H2,1H3,(H,28,31)/t15-/m1/s1. The van der Waals surface area contributed by atoms with Gasteiger partial charge in [0, 0.05) is 77.2 Å². The molecule has 1 saturated heterocycles. The van der Waals surface area contributed by atoms with Gasteiger partial charge >= 0.3 is 5.57 Å². The number of alkyl halides is 3. The average molecular weight is 606 g/mol. The van der Waals surface area contributed by atoms with Crippen molar-refractivity contribution in [2.24, 2.45) is 0 Å². The van der Waals surface area contributed by atoms with E-state index in [0.717, 1.165) is 35.8 Å². The van der Waals surface area contributed by atoms with Gasteiger partial charge in [0.25, 0.3) is 5.91 Å². The lowest BCUT2D eigenvalue weighted by atomic mass is 10.1. The highest BCUT2D eigenvalue weighted by molar-refractivity contribution is 14.1. The van der Waals surface area contributed by atoms with E-state index in [1.54, 1.807) is 18.5 Å². The molecule has 1 aromatic carbocycles. The molecule has 33 heavy (non-hydrogen) atoms. The molecule has 1 aliphatic heterocycles. The molecule has 3 aromatic rings. The average Bonchev–Trinajstić information content (AvgIpc) is 3.46. The maximum Gasteiger partial charge on any atom is 0.487 e. The van der Waals surface area contributed by atoms with Crippen LogP contribution >= 0.6 is 46.0 Å². The van der Waals surface area contributed by atoms with E-state index in [1.165, 1.54) is 35.8 Å². The number of carbonyl (C=O) groups excluding carboxylic acids is 1. The van der Waals surface area contributed by atoms with Crippen molar-refractivity contribution in [1.29, 1.82) is 0 Å². The molecule has 0 aliphatic carbocycles. The van der Waals surface area contributed by atoms with Crippen LogP contribution in [0.2, 0.25) is 0 Å². The molecule has 12 heteroatoms. The van der Waals surface area contributed by atoms with Gasteiger partial charge in [-0.05, 0) is 61.4 Å². The van der Waals surface area contributed by atoms with E-state index in [1.807, 2.05) is 6.07 Å². The second kappa shape index (κ2) is 10.0. The number of hydrogen-bond acceptors (Lipinski definition) is 7. The SMILES string of the molecule is CN(I)[C@@H]1CCN(c2ncc(C(=O)Nc3ccc(OC(F)(F)Cl)cc3)cc2-c2ccns2)C1. The van der Waals surface area contributed by atoms with Crippen LogP contribution in [0.1, 0.15) is 16.8 Å². The number of carbonyl (C=O) groups is 1. The molecule has 0 spiro atoms. The minimum atomic E-state index is -3.80. The van der Waals surface area contributed by atoms with Gasteiger partial charge in [0.05, 0.1) is 10.4 Å². The van der Waals surface area contributed by atoms with Gasteiger partial charge in [0.15, 0.2) is 0 Å². The number of ether oxygens (including phenoxy) is 1. The van der Waals surface area contributed by atoms with Crippen LogP contribution in [0.4, 0.5) is 20.3 Å². The zero-order chi connectivity index (χ0) is 23.6. The Kier molecular flexibility index (Phi) is 7.31. The number of halogens is 4. The summed E-state index contributed by atoms with van der Waals surface area (Å²) in [5.74, 6) is 0.329. The number of benzene rings is 1. The molecular formula is C21H19ClF2IN5O2S. The fourth-order valence-electron chi connectivity index (χ4n) is 3.54. The number of likely N-dealkylation sites (N-methyl/N-ethyl adjacent to an activating group) is 1. The highest BCUT2D eigenvalue weighted by atomic mass is 127. The summed E-state index contributed by atoms with van der Waals surface area (Å²) in [4.78, 5) is 20.6. The van der Waals surface area contributed by atoms with Crippen LogP contribution in [0, 0.1) is 0 Å². The highest BCUT2D eigenvalue weighted by Gasteiger charge is 2.29. The van der Waals surface area contributed by atoms with Crippen molar-refractivity contribution < 1.29 is 18.3 Å². The van der Waals surface area contributed by atoms with Crippen LogP contribution in [0.5, 0.6) is 5.75 Å². The number of anilines is 2. The second-order valence-corrected chi connectivity index (χ2v) is 10.2. The first-order chi connectivity index (χ1) is 15.7. The molecule has 174 valence electrons. The smallest absolute Gasteiger partial charge is 0.420 e. The normalized spacial score (nSPS) is 16.3. The maximum atomic E-state index is 12.9. The van der Waals surface area contributed by atoms with Crippen molar-refractivity contribution in [2.45, 2.75) is 18.0 Å². The number of hydrogen-bond donors (Lipinski definition) is 1. The Labute approximate surface area is 212 Å². The lowest BCUT2D eigenvalue weighted by Gasteiger charge is -2.22. The Morgan fingerprint density at radius 1 is 1.36 bits per heavy atom. The minimum absolute atomic E-state index is 0.118. The Balaban J connectivity index is 1.55. The first-order valence-electron chi connectivity index (χ1n) is 9.91. The molecule has 4 rings (SSSR count). The van der Waals surface area contributed by atoms with Crippen molar-refractivity contribution in [2.75, 3.05) is 30.4 Å². The van der Waals surface area contributed by atoms with Gasteiger partial charge < -0.3 is 15.0 Å². The first kappa shape index (κ1) is 24.0. The second-order valence-electron chi connectivity index (χ2n) is 7.41. The van der Waals surface area contributed by atoms with Gasteiger partial charge in [0.1, 0.15) is 11.6 Å². The molecule has 3 heterocycles. The summed E-state index contributed by atoms with van der Waals surface area (Å²) in [6, 6.07) is 9.62. The number of nitrogens with one attached hydrogen (secondary N) is 1. The number of aromatic nitrogens is 2. The Morgan fingerprint density at radius 3 is 2.73 bits per heavy atom. The zero-order valence-corrected chi connectivity index (χ0v) is 21.1. The first-order valence-corrected chi connectivity index (χ1v) is 12.0. The van der Waals surface area contributed by atoms with Gasteiger partial charge in [-0.2, -0.15) is 0 Å². The summed E-state index contributed by atoms with van der Waals surface area (Å²) in [7, 11) is 2.06. The van der Waals surface area contributed by atoms with Crippen molar-refractivity contribution in [1.82, 2.24) is 12.5 Å². The molecule has 1 amide bonds. The fraction of sp³-hybridized carbons (Fsp3) is 0.286.